The van der Waals surface area contributed by atoms with Crippen LogP contribution in [0, 0.1) is 18.7 Å². The number of ether oxygens (including phenoxy) is 2. The number of pyridine rings is 2. The number of carbonyl (C=O) groups excluding carboxylic acids is 4. The van der Waals surface area contributed by atoms with E-state index in [1.807, 2.05) is 13.8 Å². The second-order valence-electron chi connectivity index (χ2n) is 13.5. The molecule has 0 spiro atoms. The summed E-state index contributed by atoms with van der Waals surface area (Å²) in [6, 6.07) is 2.32. The molecule has 0 bridgehead atoms. The molecule has 3 aromatic rings. The Hall–Kier alpha value is -4.69. The molecular weight excluding hydrogens is 661 g/mol. The van der Waals surface area contributed by atoms with Crippen LogP contribution in [0.25, 0.3) is 22.3 Å². The molecule has 2 unspecified atom stereocenters. The number of aldehydes is 1. The predicted molar refractivity (Wildman–Crippen MR) is 191 cm³/mol. The molecule has 3 amide bonds. The van der Waals surface area contributed by atoms with E-state index in [9.17, 15) is 33.5 Å². The monoisotopic (exact) mass is 711 g/mol. The molecule has 3 heterocycles. The van der Waals surface area contributed by atoms with Gasteiger partial charge in [-0.15, -0.1) is 0 Å². The lowest BCUT2D eigenvalue weighted by Crippen LogP contribution is -2.52. The number of amides is 3. The summed E-state index contributed by atoms with van der Waals surface area (Å²) >= 11 is 0. The highest BCUT2D eigenvalue weighted by molar-refractivity contribution is 5.92. The summed E-state index contributed by atoms with van der Waals surface area (Å²) in [4.78, 5) is 63.2. The van der Waals surface area contributed by atoms with Gasteiger partial charge in [0.25, 0.3) is 5.56 Å². The smallest absolute Gasteiger partial charge is 0.408 e. The predicted octanol–water partition coefficient (Wildman–Crippen LogP) is 3.90. The first kappa shape index (κ1) is 40.7. The third-order valence-corrected chi connectivity index (χ3v) is 8.46. The molecule has 2 atom stereocenters. The second-order valence-corrected chi connectivity index (χ2v) is 13.5. The van der Waals surface area contributed by atoms with Crippen molar-refractivity contribution >= 4 is 35.1 Å². The zero-order valence-corrected chi connectivity index (χ0v) is 30.9. The largest absolute Gasteiger partial charge is 0.444 e. The van der Waals surface area contributed by atoms with Gasteiger partial charge in [0.2, 0.25) is 11.8 Å². The first-order valence-corrected chi connectivity index (χ1v) is 17.1. The number of aromatic nitrogens is 2. The molecule has 5 N–H and O–H groups in total. The van der Waals surface area contributed by atoms with Gasteiger partial charge < -0.3 is 40.3 Å². The molecule has 0 saturated heterocycles. The van der Waals surface area contributed by atoms with E-state index in [4.69, 9.17) is 20.2 Å². The molecule has 0 fully saturated rings. The molecule has 51 heavy (non-hydrogen) atoms. The molecule has 13 nitrogen and oxygen atoms in total. The number of aliphatic hydroxyl groups is 1. The summed E-state index contributed by atoms with van der Waals surface area (Å²) in [6.07, 6.45) is 0.857. The van der Waals surface area contributed by atoms with Gasteiger partial charge in [0.15, 0.2) is 6.29 Å². The van der Waals surface area contributed by atoms with Gasteiger partial charge in [-0.05, 0) is 75.6 Å². The number of nitrogens with zero attached hydrogens (tertiary/aromatic N) is 2. The molecule has 0 radical (unpaired) electrons. The zero-order chi connectivity index (χ0) is 38.4. The highest BCUT2D eigenvalue weighted by Gasteiger charge is 2.32. The number of nitrogens with one attached hydrogen (secondary N) is 2. The van der Waals surface area contributed by atoms with Crippen molar-refractivity contribution in [2.75, 3.05) is 13.7 Å². The zero-order valence-electron chi connectivity index (χ0n) is 30.9. The molecule has 1 aliphatic heterocycles. The fourth-order valence-electron chi connectivity index (χ4n) is 6.21. The quantitative estimate of drug-likeness (QED) is 0.187. The van der Waals surface area contributed by atoms with Crippen molar-refractivity contribution in [3.05, 3.63) is 61.7 Å². The number of alkyl carbamates (subject to hydrolysis) is 1. The number of aryl methyl sites for hydroxylation is 2. The average molecular weight is 712 g/mol. The van der Waals surface area contributed by atoms with Crippen LogP contribution in [0.2, 0.25) is 0 Å². The van der Waals surface area contributed by atoms with Gasteiger partial charge in [0, 0.05) is 35.3 Å². The topological polar surface area (TPSA) is 192 Å². The van der Waals surface area contributed by atoms with Crippen molar-refractivity contribution < 1.29 is 38.1 Å². The lowest BCUT2D eigenvalue weighted by Gasteiger charge is -2.25. The van der Waals surface area contributed by atoms with Crippen LogP contribution in [0.15, 0.2) is 16.9 Å². The van der Waals surface area contributed by atoms with Crippen LogP contribution in [0.3, 0.4) is 0 Å². The minimum Gasteiger partial charge on any atom is -0.444 e. The number of benzene rings is 1. The third kappa shape index (κ3) is 9.16. The number of fused-ring (bicyclic) bond motifs is 4. The molecule has 14 heteroatoms. The van der Waals surface area contributed by atoms with Crippen LogP contribution in [-0.4, -0.2) is 64.1 Å². The van der Waals surface area contributed by atoms with Gasteiger partial charge in [0.1, 0.15) is 23.6 Å². The number of primary amides is 1. The van der Waals surface area contributed by atoms with E-state index in [1.165, 1.54) is 13.2 Å². The normalized spacial score (nSPS) is 13.8. The summed E-state index contributed by atoms with van der Waals surface area (Å²) in [6.45, 7) is 14.6. The number of methoxy groups -OCH3 is 1. The van der Waals surface area contributed by atoms with Gasteiger partial charge in [-0.1, -0.05) is 27.7 Å². The van der Waals surface area contributed by atoms with Gasteiger partial charge in [0.05, 0.1) is 36.6 Å². The number of halogens is 1. The molecule has 278 valence electrons. The van der Waals surface area contributed by atoms with E-state index in [0.717, 1.165) is 41.3 Å². The second kappa shape index (κ2) is 17.0. The summed E-state index contributed by atoms with van der Waals surface area (Å²) in [7, 11) is 1.46. The molecular formula is C37H50FN5O8. The fourth-order valence-corrected chi connectivity index (χ4v) is 6.21. The van der Waals surface area contributed by atoms with Crippen molar-refractivity contribution in [3.8, 4) is 11.4 Å². The van der Waals surface area contributed by atoms with E-state index >= 15 is 0 Å². The number of aliphatic hydroxyl groups excluding tert-OH is 1. The Bertz CT molecular complexity index is 1860. The van der Waals surface area contributed by atoms with E-state index in [2.05, 4.69) is 10.6 Å². The van der Waals surface area contributed by atoms with Crippen LogP contribution >= 0.6 is 0 Å². The number of hydrogen-bond donors (Lipinski definition) is 4. The van der Waals surface area contributed by atoms with Crippen molar-refractivity contribution in [2.45, 2.75) is 106 Å². The van der Waals surface area contributed by atoms with E-state index in [-0.39, 0.29) is 41.6 Å². The number of hydrogen-bond acceptors (Lipinski definition) is 9. The number of carbonyl (C=O) groups is 4. The standard InChI is InChI=1S/C23H21FN2O4.C12H23N3O4.C2H6/c1-11-12-4-3-5-13-15-8-26-19(22(15)25-18(21(12)13)7-17(11)24)6-14(20(28)9-27)16(10-30-2)23(26)29;1-7(2)9(10(17)14-6-8(13)16)15-11(18)19-12(3,4)5;1-2/h6-7,9,20,28H,3-5,8,10H2,1-2H3;7,9H,6H2,1-5H3,(H2,13,16)(H,14,17)(H,15,18);1-2H3. The van der Waals surface area contributed by atoms with E-state index < -0.39 is 35.7 Å². The maximum Gasteiger partial charge on any atom is 0.408 e. The molecule has 2 aliphatic rings. The summed E-state index contributed by atoms with van der Waals surface area (Å²) in [5, 5.41) is 16.0. The average Bonchev–Trinajstić information content (AvgIpc) is 3.45. The Morgan fingerprint density at radius 1 is 1.14 bits per heavy atom. The van der Waals surface area contributed by atoms with Crippen molar-refractivity contribution in [3.63, 3.8) is 0 Å². The first-order valence-electron chi connectivity index (χ1n) is 17.1. The maximum atomic E-state index is 14.5. The minimum atomic E-state index is -1.43. The van der Waals surface area contributed by atoms with E-state index in [1.54, 1.807) is 52.2 Å². The number of rotatable bonds is 9. The first-order chi connectivity index (χ1) is 24.0. The third-order valence-electron chi connectivity index (χ3n) is 8.46. The van der Waals surface area contributed by atoms with Crippen molar-refractivity contribution in [2.24, 2.45) is 11.7 Å². The Balaban J connectivity index is 0.000000292. The van der Waals surface area contributed by atoms with Crippen molar-refractivity contribution in [1.29, 1.82) is 0 Å². The van der Waals surface area contributed by atoms with Crippen molar-refractivity contribution in [1.82, 2.24) is 20.2 Å². The lowest BCUT2D eigenvalue weighted by atomic mass is 9.85. The lowest BCUT2D eigenvalue weighted by molar-refractivity contribution is -0.127. The van der Waals surface area contributed by atoms with Gasteiger partial charge >= 0.3 is 6.09 Å². The van der Waals surface area contributed by atoms with Gasteiger partial charge in [-0.25, -0.2) is 14.2 Å². The van der Waals surface area contributed by atoms with E-state index in [0.29, 0.717) is 35.3 Å². The Labute approximate surface area is 297 Å². The molecule has 5 rings (SSSR count). The van der Waals surface area contributed by atoms with Crippen LogP contribution in [0.1, 0.15) is 94.4 Å². The highest BCUT2D eigenvalue weighted by Crippen LogP contribution is 2.41. The Morgan fingerprint density at radius 2 is 1.78 bits per heavy atom. The fraction of sp³-hybridized carbons (Fsp3) is 0.514. The van der Waals surface area contributed by atoms with Gasteiger partial charge in [-0.2, -0.15) is 0 Å². The Kier molecular flexibility index (Phi) is 13.6. The van der Waals surface area contributed by atoms with Crippen LogP contribution in [0.5, 0.6) is 0 Å². The van der Waals surface area contributed by atoms with Gasteiger partial charge in [-0.3, -0.25) is 14.4 Å². The summed E-state index contributed by atoms with van der Waals surface area (Å²) in [5.74, 6) is -1.55. The SMILES string of the molecule is CC.CC(C)C(NC(=O)OC(C)(C)C)C(=O)NCC(N)=O.COCc1c(C(O)C=O)cc2n(c1=O)Cc1c-2nc2cc(F)c(C)c3c2c1CCC3. The number of nitrogens with two attached hydrogens (primary N) is 1. The Morgan fingerprint density at radius 3 is 2.35 bits per heavy atom. The minimum absolute atomic E-state index is 0.00743. The molecule has 1 aromatic carbocycles. The summed E-state index contributed by atoms with van der Waals surface area (Å²) < 4.78 is 26.4. The van der Waals surface area contributed by atoms with Crippen LogP contribution in [-0.2, 0) is 49.9 Å². The highest BCUT2D eigenvalue weighted by atomic mass is 19.1. The van der Waals surface area contributed by atoms with Crippen LogP contribution in [0.4, 0.5) is 9.18 Å². The van der Waals surface area contributed by atoms with Crippen LogP contribution < -0.4 is 21.9 Å². The molecule has 0 saturated carbocycles. The maximum absolute atomic E-state index is 14.5. The molecule has 1 aliphatic carbocycles. The summed E-state index contributed by atoms with van der Waals surface area (Å²) in [5.41, 5.74) is 9.96. The molecule has 2 aromatic heterocycles.